The van der Waals surface area contributed by atoms with Gasteiger partial charge >= 0.3 is 5.97 Å². The van der Waals surface area contributed by atoms with Crippen LogP contribution in [0.5, 0.6) is 0 Å². The number of carboxylic acid groups (broad SMARTS) is 1. The molecule has 0 aliphatic heterocycles. The number of hydrogen-bond donors (Lipinski definition) is 2. The first-order valence-corrected chi connectivity index (χ1v) is 9.07. The molecule has 0 bridgehead atoms. The highest BCUT2D eigenvalue weighted by Crippen LogP contribution is 2.22. The minimum atomic E-state index is -4.02. The van der Waals surface area contributed by atoms with Crippen LogP contribution in [0, 0.1) is 19.7 Å². The van der Waals surface area contributed by atoms with Crippen LogP contribution in [0.2, 0.25) is 0 Å². The van der Waals surface area contributed by atoms with Crippen molar-refractivity contribution in [3.63, 3.8) is 0 Å². The average Bonchev–Trinajstić information content (AvgIpc) is 2.32. The van der Waals surface area contributed by atoms with Crippen molar-refractivity contribution in [1.29, 1.82) is 0 Å². The van der Waals surface area contributed by atoms with E-state index in [-0.39, 0.29) is 22.4 Å². The van der Waals surface area contributed by atoms with Crippen LogP contribution in [-0.2, 0) is 14.8 Å². The normalized spacial score (nSPS) is 13.1. The van der Waals surface area contributed by atoms with Gasteiger partial charge in [0, 0.05) is 0 Å². The molecule has 0 amide bonds. The number of carboxylic acids is 1. The molecule has 0 fully saturated rings. The maximum atomic E-state index is 13.2. The van der Waals surface area contributed by atoms with Crippen LogP contribution in [0.4, 0.5) is 4.39 Å². The standard InChI is InChI=1S/C13H18FNO4S2/c1-8-6-10(14)7-9(2)12(8)21(18,19)15-11(13(16)17)4-5-20-3/h6-7,11,15H,4-5H2,1-3H3,(H,16,17)/t11-/m0/s1. The lowest BCUT2D eigenvalue weighted by Gasteiger charge is -2.17. The molecule has 0 unspecified atom stereocenters. The number of halogens is 1. The third-order valence-electron chi connectivity index (χ3n) is 2.90. The molecule has 0 spiro atoms. The van der Waals surface area contributed by atoms with Gasteiger partial charge in [0.1, 0.15) is 11.9 Å². The van der Waals surface area contributed by atoms with E-state index < -0.39 is 27.9 Å². The van der Waals surface area contributed by atoms with Crippen molar-refractivity contribution in [3.8, 4) is 0 Å². The van der Waals surface area contributed by atoms with Crippen molar-refractivity contribution in [3.05, 3.63) is 29.1 Å². The quantitative estimate of drug-likeness (QED) is 0.795. The molecule has 0 heterocycles. The number of aryl methyl sites for hydroxylation is 2. The van der Waals surface area contributed by atoms with Gasteiger partial charge in [0.15, 0.2) is 0 Å². The molecule has 0 saturated heterocycles. The van der Waals surface area contributed by atoms with Crippen LogP contribution in [-0.4, -0.2) is 37.5 Å². The summed E-state index contributed by atoms with van der Waals surface area (Å²) in [6, 6.07) is 1.02. The lowest BCUT2D eigenvalue weighted by molar-refractivity contribution is -0.139. The van der Waals surface area contributed by atoms with Crippen LogP contribution >= 0.6 is 11.8 Å². The average molecular weight is 335 g/mol. The molecule has 1 aromatic rings. The van der Waals surface area contributed by atoms with E-state index in [1.807, 2.05) is 6.26 Å². The molecule has 1 atom stereocenters. The molecule has 2 N–H and O–H groups in total. The number of aliphatic carboxylic acids is 1. The smallest absolute Gasteiger partial charge is 0.321 e. The highest BCUT2D eigenvalue weighted by molar-refractivity contribution is 7.98. The molecule has 118 valence electrons. The SMILES string of the molecule is CSCC[C@H](NS(=O)(=O)c1c(C)cc(F)cc1C)C(=O)O. The first-order chi connectivity index (χ1) is 9.69. The Labute approximate surface area is 128 Å². The van der Waals surface area contributed by atoms with E-state index in [4.69, 9.17) is 5.11 Å². The van der Waals surface area contributed by atoms with E-state index >= 15 is 0 Å². The number of carbonyl (C=O) groups is 1. The number of rotatable bonds is 7. The van der Waals surface area contributed by atoms with Crippen molar-refractivity contribution >= 4 is 27.8 Å². The Morgan fingerprint density at radius 3 is 2.33 bits per heavy atom. The molecule has 0 radical (unpaired) electrons. The molecular formula is C13H18FNO4S2. The predicted octanol–water partition coefficient (Wildman–Crippen LogP) is 1.93. The molecular weight excluding hydrogens is 317 g/mol. The summed E-state index contributed by atoms with van der Waals surface area (Å²) in [6.45, 7) is 2.95. The van der Waals surface area contributed by atoms with Gasteiger partial charge in [0.25, 0.3) is 0 Å². The summed E-state index contributed by atoms with van der Waals surface area (Å²) >= 11 is 1.43. The van der Waals surface area contributed by atoms with Gasteiger partial charge in [-0.2, -0.15) is 16.5 Å². The zero-order chi connectivity index (χ0) is 16.2. The van der Waals surface area contributed by atoms with E-state index in [0.717, 1.165) is 12.1 Å². The second-order valence-electron chi connectivity index (χ2n) is 4.66. The zero-order valence-electron chi connectivity index (χ0n) is 12.0. The Morgan fingerprint density at radius 2 is 1.90 bits per heavy atom. The summed E-state index contributed by atoms with van der Waals surface area (Å²) in [4.78, 5) is 11.1. The maximum Gasteiger partial charge on any atom is 0.321 e. The fraction of sp³-hybridized carbons (Fsp3) is 0.462. The first kappa shape index (κ1) is 17.9. The molecule has 1 rings (SSSR count). The Kier molecular flexibility index (Phi) is 6.18. The number of nitrogens with one attached hydrogen (secondary N) is 1. The molecule has 1 aromatic carbocycles. The lowest BCUT2D eigenvalue weighted by atomic mass is 10.1. The minimum Gasteiger partial charge on any atom is -0.480 e. The zero-order valence-corrected chi connectivity index (χ0v) is 13.6. The van der Waals surface area contributed by atoms with Crippen LogP contribution in [0.25, 0.3) is 0 Å². The van der Waals surface area contributed by atoms with Crippen molar-refractivity contribution in [2.45, 2.75) is 31.2 Å². The largest absolute Gasteiger partial charge is 0.480 e. The molecule has 0 saturated carbocycles. The number of sulfonamides is 1. The second kappa shape index (κ2) is 7.24. The Bertz CT molecular complexity index is 608. The molecule has 0 aliphatic rings. The van der Waals surface area contributed by atoms with Crippen LogP contribution in [0.15, 0.2) is 17.0 Å². The van der Waals surface area contributed by atoms with Gasteiger partial charge in [-0.25, -0.2) is 12.8 Å². The van der Waals surface area contributed by atoms with E-state index in [0.29, 0.717) is 5.75 Å². The third-order valence-corrected chi connectivity index (χ3v) is 5.32. The monoisotopic (exact) mass is 335 g/mol. The van der Waals surface area contributed by atoms with Crippen LogP contribution in [0.3, 0.4) is 0 Å². The summed E-state index contributed by atoms with van der Waals surface area (Å²) in [5.74, 6) is -1.24. The Balaban J connectivity index is 3.14. The van der Waals surface area contributed by atoms with Crippen molar-refractivity contribution in [1.82, 2.24) is 4.72 Å². The molecule has 5 nitrogen and oxygen atoms in total. The fourth-order valence-corrected chi connectivity index (χ4v) is 4.18. The van der Waals surface area contributed by atoms with E-state index in [2.05, 4.69) is 4.72 Å². The number of thioether (sulfide) groups is 1. The lowest BCUT2D eigenvalue weighted by Crippen LogP contribution is -2.41. The van der Waals surface area contributed by atoms with Gasteiger partial charge in [0.05, 0.1) is 4.90 Å². The summed E-state index contributed by atoms with van der Waals surface area (Å²) in [7, 11) is -4.02. The first-order valence-electron chi connectivity index (χ1n) is 6.20. The van der Waals surface area contributed by atoms with Crippen molar-refractivity contribution < 1.29 is 22.7 Å². The van der Waals surface area contributed by atoms with E-state index in [9.17, 15) is 17.6 Å². The topological polar surface area (TPSA) is 83.5 Å². The van der Waals surface area contributed by atoms with Gasteiger partial charge in [0.2, 0.25) is 10.0 Å². The Morgan fingerprint density at radius 1 is 1.38 bits per heavy atom. The molecule has 0 aromatic heterocycles. The fourth-order valence-electron chi connectivity index (χ4n) is 2.04. The van der Waals surface area contributed by atoms with Crippen molar-refractivity contribution in [2.75, 3.05) is 12.0 Å². The summed E-state index contributed by atoms with van der Waals surface area (Å²) in [5.41, 5.74) is 0.489. The van der Waals surface area contributed by atoms with Gasteiger partial charge in [-0.3, -0.25) is 4.79 Å². The van der Waals surface area contributed by atoms with E-state index in [1.54, 1.807) is 0 Å². The van der Waals surface area contributed by atoms with Crippen molar-refractivity contribution in [2.24, 2.45) is 0 Å². The third kappa shape index (κ3) is 4.69. The van der Waals surface area contributed by atoms with E-state index in [1.165, 1.54) is 25.6 Å². The number of hydrogen-bond acceptors (Lipinski definition) is 4. The van der Waals surface area contributed by atoms with Crippen LogP contribution in [0.1, 0.15) is 17.5 Å². The summed E-state index contributed by atoms with van der Waals surface area (Å²) < 4.78 is 40.1. The Hall–Kier alpha value is -1.12. The van der Waals surface area contributed by atoms with Gasteiger partial charge in [-0.1, -0.05) is 0 Å². The maximum absolute atomic E-state index is 13.2. The minimum absolute atomic E-state index is 0.0701. The summed E-state index contributed by atoms with van der Waals surface area (Å²) in [6.07, 6.45) is 1.98. The van der Waals surface area contributed by atoms with Gasteiger partial charge in [-0.05, 0) is 55.5 Å². The highest BCUT2D eigenvalue weighted by Gasteiger charge is 2.27. The second-order valence-corrected chi connectivity index (χ2v) is 7.30. The molecule has 8 heteroatoms. The summed E-state index contributed by atoms with van der Waals surface area (Å²) in [5, 5.41) is 9.10. The highest BCUT2D eigenvalue weighted by atomic mass is 32.2. The number of benzene rings is 1. The van der Waals surface area contributed by atoms with Gasteiger partial charge < -0.3 is 5.11 Å². The molecule has 21 heavy (non-hydrogen) atoms. The predicted molar refractivity (Wildman–Crippen MR) is 80.6 cm³/mol. The van der Waals surface area contributed by atoms with Gasteiger partial charge in [-0.15, -0.1) is 0 Å². The molecule has 0 aliphatic carbocycles. The van der Waals surface area contributed by atoms with Crippen LogP contribution < -0.4 is 4.72 Å².